The molecule has 0 saturated carbocycles. The number of carboxylic acids is 1. The van der Waals surface area contributed by atoms with E-state index >= 15 is 0 Å². The standard InChI is InChI=1S/C14H27N3O4/c1-3-9-15-13(20)11(2)17-14(21)16-10-7-5-4-6-8-12(18)19/h11H,3-10H2,1-2H3,(H,15,20)(H,18,19)(H2,16,17,21). The van der Waals surface area contributed by atoms with Gasteiger partial charge < -0.3 is 21.1 Å². The van der Waals surface area contributed by atoms with Crippen molar-refractivity contribution in [3.63, 3.8) is 0 Å². The van der Waals surface area contributed by atoms with E-state index in [2.05, 4.69) is 16.0 Å². The van der Waals surface area contributed by atoms with Crippen LogP contribution in [-0.4, -0.2) is 42.1 Å². The largest absolute Gasteiger partial charge is 0.481 e. The molecule has 0 aromatic rings. The van der Waals surface area contributed by atoms with Gasteiger partial charge in [-0.3, -0.25) is 9.59 Å². The molecule has 0 saturated heterocycles. The molecule has 4 N–H and O–H groups in total. The first-order chi connectivity index (χ1) is 9.97. The van der Waals surface area contributed by atoms with E-state index in [4.69, 9.17) is 5.11 Å². The van der Waals surface area contributed by atoms with Gasteiger partial charge in [0, 0.05) is 19.5 Å². The van der Waals surface area contributed by atoms with Crippen LogP contribution < -0.4 is 16.0 Å². The second-order valence-corrected chi connectivity index (χ2v) is 4.97. The summed E-state index contributed by atoms with van der Waals surface area (Å²) < 4.78 is 0. The number of carbonyl (C=O) groups excluding carboxylic acids is 2. The van der Waals surface area contributed by atoms with Crippen LogP contribution in [0.25, 0.3) is 0 Å². The minimum atomic E-state index is -0.775. The average molecular weight is 301 g/mol. The second kappa shape index (κ2) is 12.0. The zero-order chi connectivity index (χ0) is 16.1. The molecule has 0 aliphatic rings. The summed E-state index contributed by atoms with van der Waals surface area (Å²) in [6.45, 7) is 4.71. The van der Waals surface area contributed by atoms with Crippen LogP contribution in [0.4, 0.5) is 4.79 Å². The van der Waals surface area contributed by atoms with Gasteiger partial charge in [-0.05, 0) is 26.2 Å². The molecule has 3 amide bonds. The third-order valence-electron chi connectivity index (χ3n) is 2.89. The van der Waals surface area contributed by atoms with Crippen molar-refractivity contribution in [2.75, 3.05) is 13.1 Å². The minimum Gasteiger partial charge on any atom is -0.481 e. The number of hydrogen-bond donors (Lipinski definition) is 4. The van der Waals surface area contributed by atoms with Gasteiger partial charge in [-0.15, -0.1) is 0 Å². The molecule has 0 radical (unpaired) electrons. The fourth-order valence-electron chi connectivity index (χ4n) is 1.67. The molecule has 1 atom stereocenters. The van der Waals surface area contributed by atoms with Gasteiger partial charge >= 0.3 is 12.0 Å². The van der Waals surface area contributed by atoms with Crippen LogP contribution in [0.2, 0.25) is 0 Å². The third-order valence-corrected chi connectivity index (χ3v) is 2.89. The second-order valence-electron chi connectivity index (χ2n) is 4.97. The topological polar surface area (TPSA) is 108 Å². The Morgan fingerprint density at radius 1 is 1.00 bits per heavy atom. The Kier molecular flexibility index (Phi) is 11.0. The summed E-state index contributed by atoms with van der Waals surface area (Å²) in [5.41, 5.74) is 0. The normalized spacial score (nSPS) is 11.5. The number of aliphatic carboxylic acids is 1. The Balaban J connectivity index is 3.57. The van der Waals surface area contributed by atoms with Gasteiger partial charge in [-0.1, -0.05) is 19.8 Å². The van der Waals surface area contributed by atoms with Crippen molar-refractivity contribution < 1.29 is 19.5 Å². The SMILES string of the molecule is CCCNC(=O)C(C)NC(=O)NCCCCCCC(=O)O. The number of unbranched alkanes of at least 4 members (excludes halogenated alkanes) is 3. The van der Waals surface area contributed by atoms with Crippen molar-refractivity contribution in [3.05, 3.63) is 0 Å². The van der Waals surface area contributed by atoms with Crippen LogP contribution >= 0.6 is 0 Å². The van der Waals surface area contributed by atoms with Gasteiger partial charge in [0.05, 0.1) is 0 Å². The molecule has 0 spiro atoms. The summed E-state index contributed by atoms with van der Waals surface area (Å²) in [6, 6.07) is -0.924. The third kappa shape index (κ3) is 11.7. The van der Waals surface area contributed by atoms with E-state index in [1.165, 1.54) is 0 Å². The highest BCUT2D eigenvalue weighted by Crippen LogP contribution is 2.02. The highest BCUT2D eigenvalue weighted by atomic mass is 16.4. The molecule has 21 heavy (non-hydrogen) atoms. The van der Waals surface area contributed by atoms with E-state index in [-0.39, 0.29) is 18.4 Å². The Bertz CT molecular complexity index is 334. The Morgan fingerprint density at radius 2 is 1.67 bits per heavy atom. The predicted octanol–water partition coefficient (Wildman–Crippen LogP) is 1.24. The number of amides is 3. The molecular formula is C14H27N3O4. The molecule has 0 aliphatic carbocycles. The summed E-state index contributed by atoms with van der Waals surface area (Å²) in [7, 11) is 0. The van der Waals surface area contributed by atoms with E-state index in [9.17, 15) is 14.4 Å². The molecule has 1 unspecified atom stereocenters. The molecule has 0 aromatic carbocycles. The molecule has 0 aromatic heterocycles. The van der Waals surface area contributed by atoms with E-state index in [1.54, 1.807) is 6.92 Å². The summed E-state index contributed by atoms with van der Waals surface area (Å²) in [4.78, 5) is 33.4. The average Bonchev–Trinajstić information content (AvgIpc) is 2.43. The number of carbonyl (C=O) groups is 3. The minimum absolute atomic E-state index is 0.193. The lowest BCUT2D eigenvalue weighted by atomic mass is 10.1. The van der Waals surface area contributed by atoms with Crippen LogP contribution in [0.3, 0.4) is 0 Å². The highest BCUT2D eigenvalue weighted by molar-refractivity contribution is 5.86. The summed E-state index contributed by atoms with van der Waals surface area (Å²) >= 11 is 0. The summed E-state index contributed by atoms with van der Waals surface area (Å²) in [6.07, 6.45) is 4.22. The smallest absolute Gasteiger partial charge is 0.315 e. The van der Waals surface area contributed by atoms with E-state index in [0.29, 0.717) is 19.5 Å². The van der Waals surface area contributed by atoms with E-state index < -0.39 is 12.0 Å². The monoisotopic (exact) mass is 301 g/mol. The van der Waals surface area contributed by atoms with Gasteiger partial charge in [0.15, 0.2) is 0 Å². The molecule has 0 aliphatic heterocycles. The zero-order valence-corrected chi connectivity index (χ0v) is 12.9. The predicted molar refractivity (Wildman–Crippen MR) is 80.0 cm³/mol. The van der Waals surface area contributed by atoms with Crippen LogP contribution in [0.1, 0.15) is 52.4 Å². The number of rotatable bonds is 11. The first-order valence-electron chi connectivity index (χ1n) is 7.51. The van der Waals surface area contributed by atoms with Crippen LogP contribution in [0.5, 0.6) is 0 Å². The lowest BCUT2D eigenvalue weighted by molar-refractivity contribution is -0.137. The van der Waals surface area contributed by atoms with Gasteiger partial charge in [0.25, 0.3) is 0 Å². The lowest BCUT2D eigenvalue weighted by Crippen LogP contribution is -2.48. The molecule has 122 valence electrons. The fourth-order valence-corrected chi connectivity index (χ4v) is 1.67. The Hall–Kier alpha value is -1.79. The van der Waals surface area contributed by atoms with Gasteiger partial charge in [0.1, 0.15) is 6.04 Å². The van der Waals surface area contributed by atoms with Crippen molar-refractivity contribution in [1.29, 1.82) is 0 Å². The number of carboxylic acid groups (broad SMARTS) is 1. The number of urea groups is 1. The first-order valence-corrected chi connectivity index (χ1v) is 7.51. The van der Waals surface area contributed by atoms with Crippen molar-refractivity contribution in [3.8, 4) is 0 Å². The zero-order valence-electron chi connectivity index (χ0n) is 12.9. The molecule has 0 bridgehead atoms. The maximum Gasteiger partial charge on any atom is 0.315 e. The summed E-state index contributed by atoms with van der Waals surface area (Å²) in [5, 5.41) is 16.4. The number of hydrogen-bond acceptors (Lipinski definition) is 3. The van der Waals surface area contributed by atoms with Gasteiger partial charge in [-0.2, -0.15) is 0 Å². The molecule has 0 rings (SSSR count). The highest BCUT2D eigenvalue weighted by Gasteiger charge is 2.14. The lowest BCUT2D eigenvalue weighted by Gasteiger charge is -2.14. The van der Waals surface area contributed by atoms with Crippen LogP contribution in [-0.2, 0) is 9.59 Å². The Morgan fingerprint density at radius 3 is 2.29 bits per heavy atom. The van der Waals surface area contributed by atoms with Crippen molar-refractivity contribution >= 4 is 17.9 Å². The fraction of sp³-hybridized carbons (Fsp3) is 0.786. The maximum atomic E-state index is 11.5. The van der Waals surface area contributed by atoms with Crippen molar-refractivity contribution in [1.82, 2.24) is 16.0 Å². The summed E-state index contributed by atoms with van der Waals surface area (Å²) in [5.74, 6) is -0.969. The molecule has 0 fully saturated rings. The van der Waals surface area contributed by atoms with E-state index in [1.807, 2.05) is 6.92 Å². The van der Waals surface area contributed by atoms with Crippen LogP contribution in [0.15, 0.2) is 0 Å². The van der Waals surface area contributed by atoms with Crippen molar-refractivity contribution in [2.45, 2.75) is 58.4 Å². The molecule has 0 heterocycles. The number of nitrogens with one attached hydrogen (secondary N) is 3. The van der Waals surface area contributed by atoms with Crippen LogP contribution in [0, 0.1) is 0 Å². The van der Waals surface area contributed by atoms with E-state index in [0.717, 1.165) is 25.7 Å². The van der Waals surface area contributed by atoms with Gasteiger partial charge in [0.2, 0.25) is 5.91 Å². The maximum absolute atomic E-state index is 11.5. The first kappa shape index (κ1) is 19.2. The van der Waals surface area contributed by atoms with Gasteiger partial charge in [-0.25, -0.2) is 4.79 Å². The molecular weight excluding hydrogens is 274 g/mol. The van der Waals surface area contributed by atoms with Crippen molar-refractivity contribution in [2.24, 2.45) is 0 Å². The Labute approximate surface area is 125 Å². The molecule has 7 nitrogen and oxygen atoms in total. The molecule has 7 heteroatoms. The quantitative estimate of drug-likeness (QED) is 0.430.